The SMILES string of the molecule is COC(=O)c1ccc(I)cc1S(=O)(=O)NC(=O)Nc1nc(C)nc(C)n1. The van der Waals surface area contributed by atoms with Gasteiger partial charge in [-0.1, -0.05) is 0 Å². The van der Waals surface area contributed by atoms with Crippen LogP contribution in [0, 0.1) is 17.4 Å². The highest BCUT2D eigenvalue weighted by Crippen LogP contribution is 2.20. The van der Waals surface area contributed by atoms with Gasteiger partial charge in [0.15, 0.2) is 0 Å². The first-order valence-electron chi connectivity index (χ1n) is 7.03. The van der Waals surface area contributed by atoms with E-state index in [-0.39, 0.29) is 16.4 Å². The highest BCUT2D eigenvalue weighted by atomic mass is 127. The van der Waals surface area contributed by atoms with E-state index in [0.29, 0.717) is 15.2 Å². The van der Waals surface area contributed by atoms with Gasteiger partial charge in [-0.05, 0) is 54.6 Å². The molecule has 2 aromatic rings. The Balaban J connectivity index is 2.29. The first-order chi connectivity index (χ1) is 12.1. The third kappa shape index (κ3) is 4.85. The lowest BCUT2D eigenvalue weighted by atomic mass is 10.2. The third-order valence-corrected chi connectivity index (χ3v) is 4.99. The molecular weight excluding hydrogens is 477 g/mol. The summed E-state index contributed by atoms with van der Waals surface area (Å²) in [5.74, 6) is -0.216. The molecule has 1 heterocycles. The quantitative estimate of drug-likeness (QED) is 0.483. The van der Waals surface area contributed by atoms with Crippen molar-refractivity contribution in [3.8, 4) is 0 Å². The Morgan fingerprint density at radius 2 is 1.73 bits per heavy atom. The van der Waals surface area contributed by atoms with Crippen LogP contribution in [0.4, 0.5) is 10.7 Å². The van der Waals surface area contributed by atoms with E-state index >= 15 is 0 Å². The predicted octanol–water partition coefficient (Wildman–Crippen LogP) is 1.39. The Bertz CT molecular complexity index is 959. The van der Waals surface area contributed by atoms with Gasteiger partial charge in [0.1, 0.15) is 16.5 Å². The van der Waals surface area contributed by atoms with Gasteiger partial charge in [-0.25, -0.2) is 27.7 Å². The first kappa shape index (κ1) is 20.0. The molecule has 0 aliphatic heterocycles. The lowest BCUT2D eigenvalue weighted by Gasteiger charge is -2.11. The molecule has 12 heteroatoms. The van der Waals surface area contributed by atoms with Gasteiger partial charge in [-0.15, -0.1) is 0 Å². The van der Waals surface area contributed by atoms with Gasteiger partial charge in [-0.3, -0.25) is 5.32 Å². The standard InChI is InChI=1S/C14H14IN5O5S/c1-7-16-8(2)18-13(17-7)19-14(22)20-26(23,24)11-6-9(15)4-5-10(11)12(21)25-3/h4-6H,1-3H3,(H2,16,17,18,19,20,22). The summed E-state index contributed by atoms with van der Waals surface area (Å²) in [6.07, 6.45) is 0. The number of nitrogens with zero attached hydrogens (tertiary/aromatic N) is 3. The molecule has 2 N–H and O–H groups in total. The van der Waals surface area contributed by atoms with E-state index in [1.807, 2.05) is 27.3 Å². The van der Waals surface area contributed by atoms with Crippen LogP contribution in [-0.4, -0.2) is 42.5 Å². The van der Waals surface area contributed by atoms with Crippen molar-refractivity contribution in [1.82, 2.24) is 19.7 Å². The van der Waals surface area contributed by atoms with Crippen LogP contribution in [0.5, 0.6) is 0 Å². The Kier molecular flexibility index (Phi) is 6.07. The largest absolute Gasteiger partial charge is 0.465 e. The molecular formula is C14H14IN5O5S. The van der Waals surface area contributed by atoms with Crippen molar-refractivity contribution in [2.75, 3.05) is 12.4 Å². The molecule has 1 aromatic carbocycles. The van der Waals surface area contributed by atoms with Gasteiger partial charge < -0.3 is 4.74 Å². The highest BCUT2D eigenvalue weighted by molar-refractivity contribution is 14.1. The summed E-state index contributed by atoms with van der Waals surface area (Å²) in [6, 6.07) is 3.02. The number of sulfonamides is 1. The normalized spacial score (nSPS) is 10.9. The molecule has 10 nitrogen and oxygen atoms in total. The van der Waals surface area contributed by atoms with E-state index in [4.69, 9.17) is 0 Å². The minimum absolute atomic E-state index is 0.0986. The van der Waals surface area contributed by atoms with E-state index in [1.54, 1.807) is 19.9 Å². The minimum Gasteiger partial charge on any atom is -0.465 e. The number of nitrogens with one attached hydrogen (secondary N) is 2. The van der Waals surface area contributed by atoms with Crippen LogP contribution in [-0.2, 0) is 14.8 Å². The van der Waals surface area contributed by atoms with Crippen LogP contribution in [0.2, 0.25) is 0 Å². The molecule has 0 bridgehead atoms. The number of urea groups is 1. The number of methoxy groups -OCH3 is 1. The monoisotopic (exact) mass is 491 g/mol. The molecule has 138 valence electrons. The summed E-state index contributed by atoms with van der Waals surface area (Å²) in [7, 11) is -3.22. The maximum Gasteiger partial charge on any atom is 0.339 e. The van der Waals surface area contributed by atoms with Crippen LogP contribution in [0.1, 0.15) is 22.0 Å². The molecule has 1 aromatic heterocycles. The number of anilines is 1. The molecule has 0 aliphatic carbocycles. The number of esters is 1. The van der Waals surface area contributed by atoms with Gasteiger partial charge in [0, 0.05) is 3.57 Å². The van der Waals surface area contributed by atoms with Crippen LogP contribution < -0.4 is 10.0 Å². The molecule has 0 aliphatic rings. The minimum atomic E-state index is -4.35. The number of hydrogen-bond acceptors (Lipinski definition) is 8. The summed E-state index contributed by atoms with van der Waals surface area (Å²) >= 11 is 1.89. The van der Waals surface area contributed by atoms with Crippen LogP contribution in [0.15, 0.2) is 23.1 Å². The van der Waals surface area contributed by atoms with E-state index in [0.717, 1.165) is 7.11 Å². The topological polar surface area (TPSA) is 140 Å². The predicted molar refractivity (Wildman–Crippen MR) is 99.1 cm³/mol. The van der Waals surface area contributed by atoms with Crippen molar-refractivity contribution in [3.63, 3.8) is 0 Å². The summed E-state index contributed by atoms with van der Waals surface area (Å²) < 4.78 is 32.0. The molecule has 0 radical (unpaired) electrons. The number of halogens is 1. The van der Waals surface area contributed by atoms with Crippen molar-refractivity contribution in [2.24, 2.45) is 0 Å². The van der Waals surface area contributed by atoms with E-state index in [2.05, 4.69) is 25.0 Å². The Labute approximate surface area is 163 Å². The number of rotatable bonds is 4. The van der Waals surface area contributed by atoms with E-state index in [9.17, 15) is 18.0 Å². The van der Waals surface area contributed by atoms with Gasteiger partial charge in [0.2, 0.25) is 5.95 Å². The summed E-state index contributed by atoms with van der Waals surface area (Å²) in [5.41, 5.74) is -0.194. The summed E-state index contributed by atoms with van der Waals surface area (Å²) in [4.78, 5) is 35.2. The average molecular weight is 491 g/mol. The number of hydrogen-bond donors (Lipinski definition) is 2. The van der Waals surface area contributed by atoms with Crippen LogP contribution in [0.25, 0.3) is 0 Å². The molecule has 2 amide bonds. The number of ether oxygens (including phenoxy) is 1. The lowest BCUT2D eigenvalue weighted by Crippen LogP contribution is -2.35. The molecule has 0 atom stereocenters. The number of carbonyl (C=O) groups excluding carboxylic acids is 2. The Morgan fingerprint density at radius 1 is 1.12 bits per heavy atom. The summed E-state index contributed by atoms with van der Waals surface area (Å²) in [5, 5.41) is 2.22. The number of aromatic nitrogens is 3. The Hall–Kier alpha value is -2.35. The molecule has 0 fully saturated rings. The fourth-order valence-corrected chi connectivity index (χ4v) is 3.80. The molecule has 0 saturated carbocycles. The van der Waals surface area contributed by atoms with Crippen LogP contribution in [0.3, 0.4) is 0 Å². The molecule has 0 saturated heterocycles. The number of aryl methyl sites for hydroxylation is 2. The number of carbonyl (C=O) groups is 2. The average Bonchev–Trinajstić information content (AvgIpc) is 2.52. The van der Waals surface area contributed by atoms with Crippen molar-refractivity contribution in [1.29, 1.82) is 0 Å². The van der Waals surface area contributed by atoms with Crippen molar-refractivity contribution in [2.45, 2.75) is 18.7 Å². The fraction of sp³-hybridized carbons (Fsp3) is 0.214. The maximum atomic E-state index is 12.5. The second-order valence-corrected chi connectivity index (χ2v) is 7.84. The second-order valence-electron chi connectivity index (χ2n) is 4.95. The molecule has 0 spiro atoms. The van der Waals surface area contributed by atoms with Gasteiger partial charge in [-0.2, -0.15) is 9.97 Å². The zero-order valence-corrected chi connectivity index (χ0v) is 16.9. The summed E-state index contributed by atoms with van der Waals surface area (Å²) in [6.45, 7) is 3.20. The zero-order chi connectivity index (χ0) is 19.5. The lowest BCUT2D eigenvalue weighted by molar-refractivity contribution is 0.0596. The van der Waals surface area contributed by atoms with Gasteiger partial charge >= 0.3 is 12.0 Å². The first-order valence-corrected chi connectivity index (χ1v) is 9.59. The van der Waals surface area contributed by atoms with E-state index in [1.165, 1.54) is 12.1 Å². The molecule has 26 heavy (non-hydrogen) atoms. The van der Waals surface area contributed by atoms with E-state index < -0.39 is 22.0 Å². The van der Waals surface area contributed by atoms with Crippen molar-refractivity contribution < 1.29 is 22.7 Å². The highest BCUT2D eigenvalue weighted by Gasteiger charge is 2.25. The smallest absolute Gasteiger partial charge is 0.339 e. The fourth-order valence-electron chi connectivity index (χ4n) is 1.97. The Morgan fingerprint density at radius 3 is 2.31 bits per heavy atom. The third-order valence-electron chi connectivity index (χ3n) is 2.95. The van der Waals surface area contributed by atoms with Crippen molar-refractivity contribution >= 4 is 50.6 Å². The second kappa shape index (κ2) is 7.90. The van der Waals surface area contributed by atoms with Gasteiger partial charge in [0.25, 0.3) is 10.0 Å². The van der Waals surface area contributed by atoms with Crippen LogP contribution >= 0.6 is 22.6 Å². The maximum absolute atomic E-state index is 12.5. The molecule has 2 rings (SSSR count). The number of amides is 2. The van der Waals surface area contributed by atoms with Gasteiger partial charge in [0.05, 0.1) is 12.7 Å². The molecule has 0 unspecified atom stereocenters. The van der Waals surface area contributed by atoms with Crippen molar-refractivity contribution in [3.05, 3.63) is 39.0 Å². The number of benzene rings is 1. The zero-order valence-electron chi connectivity index (χ0n) is 13.9.